The lowest BCUT2D eigenvalue weighted by molar-refractivity contribution is 0.0591. The summed E-state index contributed by atoms with van der Waals surface area (Å²) in [6.45, 7) is 0. The molecule has 3 rings (SSSR count). The SMILES string of the molecule is COC(=O)c1noc2c1ccc1cc(OC)ccc12. The Hall–Kier alpha value is -2.56. The largest absolute Gasteiger partial charge is 0.497 e. The number of fused-ring (bicyclic) bond motifs is 3. The zero-order valence-corrected chi connectivity index (χ0v) is 10.5. The molecule has 0 aliphatic rings. The molecule has 19 heavy (non-hydrogen) atoms. The number of nitrogens with zero attached hydrogens (tertiary/aromatic N) is 1. The molecule has 0 aliphatic carbocycles. The molecular weight excluding hydrogens is 246 g/mol. The third-order valence-electron chi connectivity index (χ3n) is 3.04. The van der Waals surface area contributed by atoms with Crippen LogP contribution in [-0.2, 0) is 4.74 Å². The summed E-state index contributed by atoms with van der Waals surface area (Å²) in [7, 11) is 2.93. The number of carbonyl (C=O) groups excluding carboxylic acids is 1. The molecule has 0 bridgehead atoms. The van der Waals surface area contributed by atoms with Gasteiger partial charge in [-0.25, -0.2) is 4.79 Å². The lowest BCUT2D eigenvalue weighted by Gasteiger charge is -2.02. The average Bonchev–Trinajstić information content (AvgIpc) is 2.89. The van der Waals surface area contributed by atoms with Gasteiger partial charge in [-0.3, -0.25) is 0 Å². The smallest absolute Gasteiger partial charge is 0.360 e. The summed E-state index contributed by atoms with van der Waals surface area (Å²) >= 11 is 0. The van der Waals surface area contributed by atoms with E-state index >= 15 is 0 Å². The van der Waals surface area contributed by atoms with Crippen molar-refractivity contribution in [1.29, 1.82) is 0 Å². The monoisotopic (exact) mass is 257 g/mol. The minimum Gasteiger partial charge on any atom is -0.497 e. The minimum atomic E-state index is -0.508. The van der Waals surface area contributed by atoms with Crippen LogP contribution in [0.5, 0.6) is 5.75 Å². The number of methoxy groups -OCH3 is 2. The molecule has 3 aromatic rings. The first-order valence-electron chi connectivity index (χ1n) is 5.69. The van der Waals surface area contributed by atoms with Gasteiger partial charge in [0.1, 0.15) is 5.75 Å². The number of carbonyl (C=O) groups is 1. The molecule has 2 aromatic carbocycles. The van der Waals surface area contributed by atoms with E-state index in [2.05, 4.69) is 9.89 Å². The number of hydrogen-bond donors (Lipinski definition) is 0. The highest BCUT2D eigenvalue weighted by Gasteiger charge is 2.18. The van der Waals surface area contributed by atoms with Gasteiger partial charge in [0.05, 0.1) is 19.6 Å². The molecule has 0 saturated heterocycles. The maximum atomic E-state index is 11.6. The highest BCUT2D eigenvalue weighted by Crippen LogP contribution is 2.30. The van der Waals surface area contributed by atoms with Crippen molar-refractivity contribution >= 4 is 27.7 Å². The van der Waals surface area contributed by atoms with E-state index in [0.717, 1.165) is 16.5 Å². The number of ether oxygens (including phenoxy) is 2. The normalized spacial score (nSPS) is 10.8. The Morgan fingerprint density at radius 3 is 2.68 bits per heavy atom. The number of rotatable bonds is 2. The first kappa shape index (κ1) is 11.5. The van der Waals surface area contributed by atoms with Crippen LogP contribution in [0, 0.1) is 0 Å². The predicted octanol–water partition coefficient (Wildman–Crippen LogP) is 2.78. The maximum Gasteiger partial charge on any atom is 0.360 e. The van der Waals surface area contributed by atoms with Gasteiger partial charge in [0, 0.05) is 5.39 Å². The van der Waals surface area contributed by atoms with Gasteiger partial charge in [-0.15, -0.1) is 0 Å². The topological polar surface area (TPSA) is 61.6 Å². The fourth-order valence-corrected chi connectivity index (χ4v) is 2.08. The molecule has 1 heterocycles. The van der Waals surface area contributed by atoms with E-state index in [1.165, 1.54) is 7.11 Å². The third kappa shape index (κ3) is 1.71. The molecule has 5 nitrogen and oxygen atoms in total. The van der Waals surface area contributed by atoms with E-state index in [1.54, 1.807) is 13.2 Å². The highest BCUT2D eigenvalue weighted by atomic mass is 16.5. The van der Waals surface area contributed by atoms with E-state index < -0.39 is 5.97 Å². The van der Waals surface area contributed by atoms with Crippen LogP contribution in [0.25, 0.3) is 21.7 Å². The summed E-state index contributed by atoms with van der Waals surface area (Å²) in [6, 6.07) is 9.30. The number of benzene rings is 2. The van der Waals surface area contributed by atoms with Crippen molar-refractivity contribution in [3.8, 4) is 5.75 Å². The fraction of sp³-hybridized carbons (Fsp3) is 0.143. The lowest BCUT2D eigenvalue weighted by atomic mass is 10.1. The second-order valence-corrected chi connectivity index (χ2v) is 4.05. The van der Waals surface area contributed by atoms with Gasteiger partial charge >= 0.3 is 5.97 Å². The summed E-state index contributed by atoms with van der Waals surface area (Å²) in [5.41, 5.74) is 0.760. The summed E-state index contributed by atoms with van der Waals surface area (Å²) < 4.78 is 15.1. The van der Waals surface area contributed by atoms with Crippen LogP contribution in [0.1, 0.15) is 10.5 Å². The Morgan fingerprint density at radius 1 is 1.16 bits per heavy atom. The molecule has 5 heteroatoms. The Labute approximate surface area is 108 Å². The van der Waals surface area contributed by atoms with Crippen LogP contribution in [0.3, 0.4) is 0 Å². The van der Waals surface area contributed by atoms with Crippen molar-refractivity contribution in [2.24, 2.45) is 0 Å². The molecule has 0 saturated carbocycles. The Morgan fingerprint density at radius 2 is 1.95 bits per heavy atom. The molecule has 0 radical (unpaired) electrons. The van der Waals surface area contributed by atoms with Crippen molar-refractivity contribution in [3.63, 3.8) is 0 Å². The average molecular weight is 257 g/mol. The lowest BCUT2D eigenvalue weighted by Crippen LogP contribution is -2.01. The Balaban J connectivity index is 2.30. The Kier molecular flexibility index (Phi) is 2.59. The van der Waals surface area contributed by atoms with Crippen LogP contribution in [0.15, 0.2) is 34.9 Å². The first-order chi connectivity index (χ1) is 9.24. The van der Waals surface area contributed by atoms with Gasteiger partial charge in [0.2, 0.25) is 0 Å². The van der Waals surface area contributed by atoms with Crippen molar-refractivity contribution in [1.82, 2.24) is 5.16 Å². The molecule has 1 aromatic heterocycles. The molecule has 0 fully saturated rings. The van der Waals surface area contributed by atoms with E-state index in [0.29, 0.717) is 11.0 Å². The van der Waals surface area contributed by atoms with Gasteiger partial charge in [0.25, 0.3) is 0 Å². The second-order valence-electron chi connectivity index (χ2n) is 4.05. The van der Waals surface area contributed by atoms with Crippen molar-refractivity contribution in [2.45, 2.75) is 0 Å². The van der Waals surface area contributed by atoms with Crippen LogP contribution >= 0.6 is 0 Å². The van der Waals surface area contributed by atoms with Crippen LogP contribution in [-0.4, -0.2) is 25.3 Å². The number of aromatic nitrogens is 1. The van der Waals surface area contributed by atoms with Crippen LogP contribution in [0.2, 0.25) is 0 Å². The standard InChI is InChI=1S/C14H11NO4/c1-17-9-4-6-10-8(7-9)3-5-11-12(14(16)18-2)15-19-13(10)11/h3-7H,1-2H3. The molecule has 0 N–H and O–H groups in total. The van der Waals surface area contributed by atoms with E-state index in [1.807, 2.05) is 24.3 Å². The Bertz CT molecular complexity index is 776. The van der Waals surface area contributed by atoms with Gasteiger partial charge in [0.15, 0.2) is 11.3 Å². The molecule has 0 atom stereocenters. The van der Waals surface area contributed by atoms with E-state index in [9.17, 15) is 4.79 Å². The second kappa shape index (κ2) is 4.28. The van der Waals surface area contributed by atoms with Gasteiger partial charge in [-0.1, -0.05) is 11.2 Å². The van der Waals surface area contributed by atoms with Gasteiger partial charge in [-0.2, -0.15) is 0 Å². The molecule has 0 spiro atoms. The van der Waals surface area contributed by atoms with Crippen molar-refractivity contribution < 1.29 is 18.8 Å². The van der Waals surface area contributed by atoms with Gasteiger partial charge in [-0.05, 0) is 29.7 Å². The minimum absolute atomic E-state index is 0.190. The first-order valence-corrected chi connectivity index (χ1v) is 5.69. The summed E-state index contributed by atoms with van der Waals surface area (Å²) in [5, 5.41) is 6.25. The summed E-state index contributed by atoms with van der Waals surface area (Å²) in [4.78, 5) is 11.6. The zero-order valence-electron chi connectivity index (χ0n) is 10.5. The van der Waals surface area contributed by atoms with Crippen molar-refractivity contribution in [3.05, 3.63) is 36.0 Å². The fourth-order valence-electron chi connectivity index (χ4n) is 2.08. The third-order valence-corrected chi connectivity index (χ3v) is 3.04. The highest BCUT2D eigenvalue weighted by molar-refractivity contribution is 6.10. The maximum absolute atomic E-state index is 11.6. The zero-order chi connectivity index (χ0) is 13.4. The van der Waals surface area contributed by atoms with Crippen molar-refractivity contribution in [2.75, 3.05) is 14.2 Å². The molecular formula is C14H11NO4. The summed E-state index contributed by atoms with van der Waals surface area (Å²) in [6.07, 6.45) is 0. The molecule has 0 amide bonds. The van der Waals surface area contributed by atoms with Crippen LogP contribution < -0.4 is 4.74 Å². The van der Waals surface area contributed by atoms with Gasteiger partial charge < -0.3 is 14.0 Å². The van der Waals surface area contributed by atoms with Crippen LogP contribution in [0.4, 0.5) is 0 Å². The summed E-state index contributed by atoms with van der Waals surface area (Å²) in [5.74, 6) is 0.256. The van der Waals surface area contributed by atoms with E-state index in [-0.39, 0.29) is 5.69 Å². The van der Waals surface area contributed by atoms with E-state index in [4.69, 9.17) is 9.26 Å². The quantitative estimate of drug-likeness (QED) is 0.660. The predicted molar refractivity (Wildman–Crippen MR) is 69.4 cm³/mol. The molecule has 96 valence electrons. The number of esters is 1. The number of hydrogen-bond acceptors (Lipinski definition) is 5. The molecule has 0 aliphatic heterocycles. The molecule has 0 unspecified atom stereocenters.